The number of aryl methyl sites for hydroxylation is 1. The summed E-state index contributed by atoms with van der Waals surface area (Å²) in [5, 5.41) is 4.90. The number of para-hydroxylation sites is 2. The van der Waals surface area contributed by atoms with E-state index >= 15 is 0 Å². The molecular formula is C21H21N3O2. The maximum Gasteiger partial charge on any atom is 0.272 e. The summed E-state index contributed by atoms with van der Waals surface area (Å²) in [5.41, 5.74) is 5.70. The second-order valence-electron chi connectivity index (χ2n) is 5.87. The Morgan fingerprint density at radius 3 is 2.77 bits per heavy atom. The maximum absolute atomic E-state index is 12.7. The van der Waals surface area contributed by atoms with Crippen molar-refractivity contribution < 1.29 is 9.53 Å². The number of hydrogen-bond acceptors (Lipinski definition) is 4. The summed E-state index contributed by atoms with van der Waals surface area (Å²) >= 11 is 0. The lowest BCUT2D eigenvalue weighted by Gasteiger charge is -2.08. The van der Waals surface area contributed by atoms with Gasteiger partial charge in [-0.05, 0) is 30.7 Å². The molecule has 0 atom stereocenters. The van der Waals surface area contributed by atoms with Crippen LogP contribution in [0.1, 0.15) is 35.0 Å². The molecule has 0 aliphatic heterocycles. The minimum Gasteiger partial charge on any atom is -0.496 e. The number of carbonyl (C=O) groups is 1. The highest BCUT2D eigenvalue weighted by molar-refractivity contribution is 6.06. The highest BCUT2D eigenvalue weighted by Gasteiger charge is 2.12. The number of amides is 1. The first-order chi connectivity index (χ1) is 12.7. The van der Waals surface area contributed by atoms with E-state index in [-0.39, 0.29) is 5.91 Å². The Labute approximate surface area is 152 Å². The lowest BCUT2D eigenvalue weighted by atomic mass is 10.1. The van der Waals surface area contributed by atoms with Crippen molar-refractivity contribution >= 4 is 23.0 Å². The van der Waals surface area contributed by atoms with Gasteiger partial charge in [-0.25, -0.2) is 5.43 Å². The van der Waals surface area contributed by atoms with E-state index in [1.165, 1.54) is 0 Å². The number of benzene rings is 2. The molecule has 2 aromatic carbocycles. The predicted octanol–water partition coefficient (Wildman–Crippen LogP) is 3.96. The van der Waals surface area contributed by atoms with Gasteiger partial charge in [-0.15, -0.1) is 0 Å². The fourth-order valence-corrected chi connectivity index (χ4v) is 2.80. The van der Waals surface area contributed by atoms with Crippen LogP contribution in [0.15, 0.2) is 59.7 Å². The van der Waals surface area contributed by atoms with Gasteiger partial charge in [-0.3, -0.25) is 9.78 Å². The second kappa shape index (κ2) is 8.25. The zero-order valence-electron chi connectivity index (χ0n) is 14.9. The van der Waals surface area contributed by atoms with Gasteiger partial charge < -0.3 is 4.74 Å². The van der Waals surface area contributed by atoms with E-state index in [0.717, 1.165) is 35.0 Å². The van der Waals surface area contributed by atoms with E-state index in [1.807, 2.05) is 54.6 Å². The number of pyridine rings is 1. The molecule has 1 heterocycles. The number of fused-ring (bicyclic) bond motifs is 1. The second-order valence-corrected chi connectivity index (χ2v) is 5.87. The van der Waals surface area contributed by atoms with E-state index in [1.54, 1.807) is 13.3 Å². The van der Waals surface area contributed by atoms with Gasteiger partial charge in [0.25, 0.3) is 5.91 Å². The van der Waals surface area contributed by atoms with Crippen molar-refractivity contribution in [2.24, 2.45) is 5.10 Å². The van der Waals surface area contributed by atoms with Crippen LogP contribution in [0.5, 0.6) is 5.75 Å². The quantitative estimate of drug-likeness (QED) is 0.542. The van der Waals surface area contributed by atoms with Gasteiger partial charge in [0.2, 0.25) is 0 Å². The van der Waals surface area contributed by atoms with Crippen LogP contribution < -0.4 is 10.2 Å². The molecule has 0 aliphatic carbocycles. The topological polar surface area (TPSA) is 63.6 Å². The molecule has 0 bridgehead atoms. The molecule has 1 N–H and O–H groups in total. The van der Waals surface area contributed by atoms with Gasteiger partial charge in [0.15, 0.2) is 0 Å². The standard InChI is InChI=1S/C21H21N3O2/c1-3-8-16-13-18(17-10-5-6-11-19(17)23-16)21(25)24-22-14-15-9-4-7-12-20(15)26-2/h4-7,9-14H,3,8H2,1-2H3,(H,24,25). The summed E-state index contributed by atoms with van der Waals surface area (Å²) in [6.07, 6.45) is 3.38. The highest BCUT2D eigenvalue weighted by Crippen LogP contribution is 2.19. The number of aromatic nitrogens is 1. The largest absolute Gasteiger partial charge is 0.496 e. The minimum atomic E-state index is -0.257. The van der Waals surface area contributed by atoms with Gasteiger partial charge in [0.1, 0.15) is 5.75 Å². The van der Waals surface area contributed by atoms with Crippen LogP contribution in [0.3, 0.4) is 0 Å². The number of nitrogens with zero attached hydrogens (tertiary/aromatic N) is 2. The first-order valence-electron chi connectivity index (χ1n) is 8.58. The number of hydrogen-bond donors (Lipinski definition) is 1. The van der Waals surface area contributed by atoms with Crippen molar-refractivity contribution in [3.05, 3.63) is 71.4 Å². The average molecular weight is 347 g/mol. The number of carbonyl (C=O) groups excluding carboxylic acids is 1. The summed E-state index contributed by atoms with van der Waals surface area (Å²) in [6.45, 7) is 2.09. The lowest BCUT2D eigenvalue weighted by molar-refractivity contribution is 0.0956. The zero-order valence-corrected chi connectivity index (χ0v) is 14.9. The Morgan fingerprint density at radius 1 is 1.19 bits per heavy atom. The Bertz CT molecular complexity index is 951. The third kappa shape index (κ3) is 3.88. The average Bonchev–Trinajstić information content (AvgIpc) is 2.68. The molecule has 3 rings (SSSR count). The van der Waals surface area contributed by atoms with Crippen LogP contribution in [0.4, 0.5) is 0 Å². The Hall–Kier alpha value is -3.21. The molecule has 5 heteroatoms. The molecule has 26 heavy (non-hydrogen) atoms. The number of nitrogens with one attached hydrogen (secondary N) is 1. The third-order valence-corrected chi connectivity index (χ3v) is 4.03. The van der Waals surface area contributed by atoms with Crippen molar-refractivity contribution in [1.29, 1.82) is 0 Å². The number of hydrazone groups is 1. The summed E-state index contributed by atoms with van der Waals surface area (Å²) in [4.78, 5) is 17.3. The molecule has 0 radical (unpaired) electrons. The normalized spacial score (nSPS) is 11.0. The van der Waals surface area contributed by atoms with Crippen LogP contribution >= 0.6 is 0 Å². The van der Waals surface area contributed by atoms with Gasteiger partial charge in [0, 0.05) is 16.6 Å². The smallest absolute Gasteiger partial charge is 0.272 e. The van der Waals surface area contributed by atoms with Gasteiger partial charge in [-0.2, -0.15) is 5.10 Å². The van der Waals surface area contributed by atoms with E-state index < -0.39 is 0 Å². The Balaban J connectivity index is 1.86. The fourth-order valence-electron chi connectivity index (χ4n) is 2.80. The first kappa shape index (κ1) is 17.6. The summed E-state index contributed by atoms with van der Waals surface area (Å²) in [7, 11) is 1.60. The highest BCUT2D eigenvalue weighted by atomic mass is 16.5. The number of ether oxygens (including phenoxy) is 1. The molecule has 0 aliphatic rings. The van der Waals surface area contributed by atoms with Crippen LogP contribution in [-0.2, 0) is 6.42 Å². The molecule has 5 nitrogen and oxygen atoms in total. The molecule has 1 aromatic heterocycles. The van der Waals surface area contributed by atoms with Crippen LogP contribution in [0.2, 0.25) is 0 Å². The Kier molecular flexibility index (Phi) is 5.59. The summed E-state index contributed by atoms with van der Waals surface area (Å²) in [6, 6.07) is 17.0. The molecule has 0 saturated heterocycles. The lowest BCUT2D eigenvalue weighted by Crippen LogP contribution is -2.18. The number of rotatable bonds is 6. The maximum atomic E-state index is 12.7. The molecule has 0 saturated carbocycles. The fraction of sp³-hybridized carbons (Fsp3) is 0.190. The van der Waals surface area contributed by atoms with Crippen LogP contribution in [0, 0.1) is 0 Å². The molecule has 0 unspecified atom stereocenters. The van der Waals surface area contributed by atoms with E-state index in [9.17, 15) is 4.79 Å². The molecular weight excluding hydrogens is 326 g/mol. The third-order valence-electron chi connectivity index (χ3n) is 4.03. The molecule has 132 valence electrons. The molecule has 0 fully saturated rings. The minimum absolute atomic E-state index is 0.257. The van der Waals surface area contributed by atoms with Crippen molar-refractivity contribution in [2.45, 2.75) is 19.8 Å². The monoisotopic (exact) mass is 347 g/mol. The van der Waals surface area contributed by atoms with Crippen LogP contribution in [0.25, 0.3) is 10.9 Å². The molecule has 3 aromatic rings. The van der Waals surface area contributed by atoms with Gasteiger partial charge in [-0.1, -0.05) is 43.7 Å². The van der Waals surface area contributed by atoms with Crippen molar-refractivity contribution in [1.82, 2.24) is 10.4 Å². The van der Waals surface area contributed by atoms with E-state index in [4.69, 9.17) is 4.74 Å². The SMILES string of the molecule is CCCc1cc(C(=O)NN=Cc2ccccc2OC)c2ccccc2n1. The molecule has 1 amide bonds. The summed E-state index contributed by atoms with van der Waals surface area (Å²) < 4.78 is 5.28. The van der Waals surface area contributed by atoms with Crippen molar-refractivity contribution in [3.63, 3.8) is 0 Å². The van der Waals surface area contributed by atoms with Gasteiger partial charge in [0.05, 0.1) is 24.4 Å². The predicted molar refractivity (Wildman–Crippen MR) is 104 cm³/mol. The Morgan fingerprint density at radius 2 is 1.96 bits per heavy atom. The van der Waals surface area contributed by atoms with Crippen molar-refractivity contribution in [2.75, 3.05) is 7.11 Å². The zero-order chi connectivity index (χ0) is 18.4. The van der Waals surface area contributed by atoms with Crippen molar-refractivity contribution in [3.8, 4) is 5.75 Å². The summed E-state index contributed by atoms with van der Waals surface area (Å²) in [5.74, 6) is 0.442. The van der Waals surface area contributed by atoms with Gasteiger partial charge >= 0.3 is 0 Å². The van der Waals surface area contributed by atoms with E-state index in [0.29, 0.717) is 11.3 Å². The first-order valence-corrected chi connectivity index (χ1v) is 8.58. The van der Waals surface area contributed by atoms with Crippen LogP contribution in [-0.4, -0.2) is 24.2 Å². The molecule has 0 spiro atoms. The van der Waals surface area contributed by atoms with E-state index in [2.05, 4.69) is 22.4 Å². The number of methoxy groups -OCH3 is 1.